The Kier molecular flexibility index (Phi) is 4.15. The average molecular weight is 341 g/mol. The maximum Gasteiger partial charge on any atom is 0.168 e. The molecule has 1 fully saturated rings. The van der Waals surface area contributed by atoms with E-state index in [1.165, 1.54) is 24.1 Å². The number of nitrogens with two attached hydrogens (primary N) is 1. The number of aliphatic hydroxyl groups is 5. The number of imidazole rings is 1. The van der Waals surface area contributed by atoms with Crippen molar-refractivity contribution in [2.75, 3.05) is 12.3 Å². The van der Waals surface area contributed by atoms with Crippen molar-refractivity contribution >= 4 is 17.0 Å². The zero-order chi connectivity index (χ0) is 17.6. The number of nitrogen functional groups attached to an aromatic ring is 1. The number of hydrogen-bond acceptors (Lipinski definition) is 10. The molecule has 1 aliphatic rings. The molecule has 0 bridgehead atoms. The minimum atomic E-state index is -2.03. The highest BCUT2D eigenvalue weighted by molar-refractivity contribution is 5.81. The lowest BCUT2D eigenvalue weighted by Crippen LogP contribution is -2.53. The minimum absolute atomic E-state index is 0.117. The molecule has 6 atom stereocenters. The summed E-state index contributed by atoms with van der Waals surface area (Å²) in [4.78, 5) is 11.9. The van der Waals surface area contributed by atoms with Gasteiger partial charge in [0, 0.05) is 0 Å². The summed E-state index contributed by atoms with van der Waals surface area (Å²) in [7, 11) is 0. The molecule has 3 heterocycles. The van der Waals surface area contributed by atoms with Gasteiger partial charge in [0.25, 0.3) is 0 Å². The maximum atomic E-state index is 10.7. The predicted octanol–water partition coefficient (Wildman–Crippen LogP) is -2.87. The van der Waals surface area contributed by atoms with Crippen molar-refractivity contribution < 1.29 is 30.3 Å². The van der Waals surface area contributed by atoms with Crippen LogP contribution in [0.25, 0.3) is 11.2 Å². The predicted molar refractivity (Wildman–Crippen MR) is 79.4 cm³/mol. The first-order valence-electron chi connectivity index (χ1n) is 7.25. The summed E-state index contributed by atoms with van der Waals surface area (Å²) >= 11 is 0. The van der Waals surface area contributed by atoms with Crippen LogP contribution in [0.3, 0.4) is 0 Å². The molecule has 11 nitrogen and oxygen atoms in total. The van der Waals surface area contributed by atoms with E-state index in [0.717, 1.165) is 0 Å². The Hall–Kier alpha value is -1.89. The van der Waals surface area contributed by atoms with Crippen molar-refractivity contribution in [2.45, 2.75) is 43.2 Å². The smallest absolute Gasteiger partial charge is 0.168 e. The van der Waals surface area contributed by atoms with Crippen molar-refractivity contribution in [3.05, 3.63) is 12.7 Å². The Morgan fingerprint density at radius 3 is 2.62 bits per heavy atom. The lowest BCUT2D eigenvalue weighted by atomic mass is 9.90. The first kappa shape index (κ1) is 17.0. The van der Waals surface area contributed by atoms with Crippen LogP contribution in [-0.4, -0.2) is 81.7 Å². The molecule has 0 aliphatic carbocycles. The number of anilines is 1. The van der Waals surface area contributed by atoms with E-state index in [1.807, 2.05) is 0 Å². The van der Waals surface area contributed by atoms with Crippen molar-refractivity contribution in [2.24, 2.45) is 0 Å². The molecule has 11 heteroatoms. The van der Waals surface area contributed by atoms with E-state index in [9.17, 15) is 25.5 Å². The van der Waals surface area contributed by atoms with Gasteiger partial charge in [0.05, 0.1) is 12.9 Å². The topological polar surface area (TPSA) is 180 Å². The molecule has 3 rings (SSSR count). The Morgan fingerprint density at radius 1 is 1.25 bits per heavy atom. The number of aliphatic hydroxyl groups excluding tert-OH is 4. The number of rotatable bonds is 2. The molecule has 0 unspecified atom stereocenters. The summed E-state index contributed by atoms with van der Waals surface area (Å²) < 4.78 is 6.87. The first-order chi connectivity index (χ1) is 11.3. The summed E-state index contributed by atoms with van der Waals surface area (Å²) in [5, 5.41) is 50.4. The van der Waals surface area contributed by atoms with Gasteiger partial charge in [-0.3, -0.25) is 4.57 Å². The van der Waals surface area contributed by atoms with Crippen LogP contribution in [0.15, 0.2) is 12.7 Å². The van der Waals surface area contributed by atoms with E-state index in [4.69, 9.17) is 10.5 Å². The summed E-state index contributed by atoms with van der Waals surface area (Å²) in [6, 6.07) is 0. The van der Waals surface area contributed by atoms with Crippen LogP contribution in [0.2, 0.25) is 0 Å². The largest absolute Gasteiger partial charge is 0.394 e. The number of fused-ring (bicyclic) bond motifs is 1. The monoisotopic (exact) mass is 341 g/mol. The normalized spacial score (nSPS) is 37.5. The highest BCUT2D eigenvalue weighted by Crippen LogP contribution is 2.36. The van der Waals surface area contributed by atoms with Gasteiger partial charge in [-0.1, -0.05) is 0 Å². The van der Waals surface area contributed by atoms with Crippen LogP contribution in [-0.2, 0) is 4.74 Å². The van der Waals surface area contributed by atoms with Gasteiger partial charge in [0.1, 0.15) is 41.9 Å². The average Bonchev–Trinajstić information content (AvgIpc) is 2.96. The van der Waals surface area contributed by atoms with E-state index in [-0.39, 0.29) is 17.0 Å². The van der Waals surface area contributed by atoms with Crippen LogP contribution in [0, 0.1) is 0 Å². The lowest BCUT2D eigenvalue weighted by Gasteiger charge is -2.36. The van der Waals surface area contributed by atoms with Gasteiger partial charge >= 0.3 is 0 Å². The molecule has 0 aromatic carbocycles. The van der Waals surface area contributed by atoms with E-state index in [0.29, 0.717) is 0 Å². The van der Waals surface area contributed by atoms with Crippen LogP contribution in [0.1, 0.15) is 13.2 Å². The Morgan fingerprint density at radius 2 is 1.96 bits per heavy atom. The minimum Gasteiger partial charge on any atom is -0.394 e. The summed E-state index contributed by atoms with van der Waals surface area (Å²) in [5.41, 5.74) is 4.18. The molecule has 0 saturated carbocycles. The standard InChI is InChI=1S/C13H19N5O6/c1-13(23)9(22)8(21)7(20)5(2-19)24-12(13)18-4-17-6-10(14)15-3-16-11(6)18/h3-5,7-9,12,19-23H,2H2,1H3,(H2,14,15,16)/t5-,7-,8+,9-,12-,13+/m1/s1. The van der Waals surface area contributed by atoms with Crippen molar-refractivity contribution in [3.63, 3.8) is 0 Å². The van der Waals surface area contributed by atoms with Gasteiger partial charge in [-0.05, 0) is 6.92 Å². The number of ether oxygens (including phenoxy) is 1. The van der Waals surface area contributed by atoms with Gasteiger partial charge < -0.3 is 36.0 Å². The number of nitrogens with zero attached hydrogens (tertiary/aromatic N) is 4. The Bertz CT molecular complexity index is 737. The van der Waals surface area contributed by atoms with Gasteiger partial charge in [0.2, 0.25) is 0 Å². The third-order valence-electron chi connectivity index (χ3n) is 4.28. The molecule has 2 aromatic rings. The van der Waals surface area contributed by atoms with Crippen molar-refractivity contribution in [1.82, 2.24) is 19.5 Å². The van der Waals surface area contributed by atoms with Crippen molar-refractivity contribution in [3.8, 4) is 0 Å². The highest BCUT2D eigenvalue weighted by atomic mass is 16.6. The second kappa shape index (κ2) is 5.88. The van der Waals surface area contributed by atoms with Crippen molar-refractivity contribution in [1.29, 1.82) is 0 Å². The quantitative estimate of drug-likeness (QED) is 0.332. The van der Waals surface area contributed by atoms with E-state index in [2.05, 4.69) is 15.0 Å². The molecule has 0 amide bonds. The molecule has 2 aromatic heterocycles. The number of hydrogen-bond donors (Lipinski definition) is 6. The Balaban J connectivity index is 2.14. The first-order valence-corrected chi connectivity index (χ1v) is 7.25. The van der Waals surface area contributed by atoms with Crippen LogP contribution >= 0.6 is 0 Å². The molecule has 1 aliphatic heterocycles. The third-order valence-corrected chi connectivity index (χ3v) is 4.28. The molecule has 132 valence electrons. The van der Waals surface area contributed by atoms with Gasteiger partial charge in [-0.15, -0.1) is 0 Å². The second-order valence-electron chi connectivity index (χ2n) is 5.94. The van der Waals surface area contributed by atoms with Crippen LogP contribution < -0.4 is 5.73 Å². The summed E-state index contributed by atoms with van der Waals surface area (Å²) in [5.74, 6) is 0.117. The Labute approximate surface area is 136 Å². The zero-order valence-electron chi connectivity index (χ0n) is 12.8. The fourth-order valence-corrected chi connectivity index (χ4v) is 2.82. The fraction of sp³-hybridized carbons (Fsp3) is 0.615. The van der Waals surface area contributed by atoms with E-state index in [1.54, 1.807) is 0 Å². The van der Waals surface area contributed by atoms with Gasteiger partial charge in [-0.2, -0.15) is 0 Å². The van der Waals surface area contributed by atoms with Gasteiger partial charge in [-0.25, -0.2) is 15.0 Å². The third kappa shape index (κ3) is 2.42. The summed E-state index contributed by atoms with van der Waals surface area (Å²) in [6.07, 6.45) is -5.16. The molecule has 7 N–H and O–H groups in total. The molecule has 24 heavy (non-hydrogen) atoms. The second-order valence-corrected chi connectivity index (χ2v) is 5.94. The maximum absolute atomic E-state index is 10.7. The zero-order valence-corrected chi connectivity index (χ0v) is 12.8. The van der Waals surface area contributed by atoms with E-state index < -0.39 is 42.9 Å². The SMILES string of the molecule is C[C@]1(O)[C@H](O)[C@@H](O)[C@H](O)[C@@H](CO)O[C@H]1n1cnc2c(N)ncnc21. The molecule has 1 saturated heterocycles. The van der Waals surface area contributed by atoms with E-state index >= 15 is 0 Å². The van der Waals surface area contributed by atoms with Crippen LogP contribution in [0.5, 0.6) is 0 Å². The molecule has 0 radical (unpaired) electrons. The fourth-order valence-electron chi connectivity index (χ4n) is 2.82. The number of aromatic nitrogens is 4. The lowest BCUT2D eigenvalue weighted by molar-refractivity contribution is -0.197. The summed E-state index contributed by atoms with van der Waals surface area (Å²) in [6.45, 7) is 0.593. The highest BCUT2D eigenvalue weighted by Gasteiger charge is 2.52. The van der Waals surface area contributed by atoms with Crippen LogP contribution in [0.4, 0.5) is 5.82 Å². The molecular weight excluding hydrogens is 322 g/mol. The van der Waals surface area contributed by atoms with Gasteiger partial charge in [0.15, 0.2) is 17.7 Å². The molecule has 0 spiro atoms. The molecular formula is C13H19N5O6.